The highest BCUT2D eigenvalue weighted by Gasteiger charge is 2.32. The summed E-state index contributed by atoms with van der Waals surface area (Å²) in [5, 5.41) is 14.6. The number of carbonyl (C=O) groups excluding carboxylic acids is 2. The zero-order valence-corrected chi connectivity index (χ0v) is 19.6. The van der Waals surface area contributed by atoms with Crippen molar-refractivity contribution in [1.82, 2.24) is 10.6 Å². The maximum absolute atomic E-state index is 12.9. The van der Waals surface area contributed by atoms with Gasteiger partial charge in [0.2, 0.25) is 5.91 Å². The Morgan fingerprint density at radius 2 is 1.65 bits per heavy atom. The Hall–Kier alpha value is -3.61. The fraction of sp³-hybridized carbons (Fsp3) is 0.370. The molecule has 0 saturated carbocycles. The number of amides is 2. The monoisotopic (exact) mass is 464 g/mol. The molecule has 1 aliphatic rings. The van der Waals surface area contributed by atoms with E-state index in [1.807, 2.05) is 50.2 Å². The fourth-order valence-electron chi connectivity index (χ4n) is 4.27. The quantitative estimate of drug-likeness (QED) is 0.426. The standard InChI is InChI=1S/C27H32N2O5/c1-4-6-15-23(26(31)32)28-25(30)24(17(3)5-2)29-27(33)34-16-22-20-13-9-7-11-18(20)19-12-8-10-14-21(19)22/h4,7-14,17,22-24H,1,5-6,15-16H2,2-3H3,(H,28,30)(H,29,33)(H,31,32). The summed E-state index contributed by atoms with van der Waals surface area (Å²) >= 11 is 0. The number of hydrogen-bond donors (Lipinski definition) is 3. The van der Waals surface area contributed by atoms with Crippen LogP contribution in [0.15, 0.2) is 61.2 Å². The molecule has 0 spiro atoms. The molecule has 7 heteroatoms. The van der Waals surface area contributed by atoms with Crippen molar-refractivity contribution < 1.29 is 24.2 Å². The molecule has 2 amide bonds. The average Bonchev–Trinajstić information content (AvgIpc) is 3.16. The number of hydrogen-bond acceptors (Lipinski definition) is 4. The van der Waals surface area contributed by atoms with E-state index in [-0.39, 0.29) is 24.9 Å². The number of nitrogens with one attached hydrogen (secondary N) is 2. The van der Waals surface area contributed by atoms with Gasteiger partial charge in [0.25, 0.3) is 0 Å². The number of carbonyl (C=O) groups is 3. The van der Waals surface area contributed by atoms with Crippen LogP contribution in [0.1, 0.15) is 50.2 Å². The van der Waals surface area contributed by atoms with Crippen LogP contribution in [0.3, 0.4) is 0 Å². The molecule has 180 valence electrons. The summed E-state index contributed by atoms with van der Waals surface area (Å²) in [6.45, 7) is 7.45. The predicted octanol–water partition coefficient (Wildman–Crippen LogP) is 4.48. The van der Waals surface area contributed by atoms with Crippen molar-refractivity contribution in [3.63, 3.8) is 0 Å². The Bertz CT molecular complexity index is 1010. The van der Waals surface area contributed by atoms with E-state index in [1.165, 1.54) is 0 Å². The third-order valence-electron chi connectivity index (χ3n) is 6.39. The minimum Gasteiger partial charge on any atom is -0.480 e. The third-order valence-corrected chi connectivity index (χ3v) is 6.39. The molecule has 0 bridgehead atoms. The molecule has 3 unspecified atom stereocenters. The molecule has 0 saturated heterocycles. The largest absolute Gasteiger partial charge is 0.480 e. The molecule has 2 aromatic rings. The molecule has 0 aromatic heterocycles. The van der Waals surface area contributed by atoms with Crippen LogP contribution in [0.25, 0.3) is 11.1 Å². The zero-order valence-electron chi connectivity index (χ0n) is 19.6. The zero-order chi connectivity index (χ0) is 24.7. The summed E-state index contributed by atoms with van der Waals surface area (Å²) in [5.74, 6) is -1.97. The van der Waals surface area contributed by atoms with E-state index in [0.29, 0.717) is 12.8 Å². The molecular weight excluding hydrogens is 432 g/mol. The van der Waals surface area contributed by atoms with Gasteiger partial charge >= 0.3 is 12.1 Å². The van der Waals surface area contributed by atoms with Crippen LogP contribution in [0, 0.1) is 5.92 Å². The summed E-state index contributed by atoms with van der Waals surface area (Å²) in [6, 6.07) is 14.1. The summed E-state index contributed by atoms with van der Waals surface area (Å²) in [7, 11) is 0. The molecule has 2 aromatic carbocycles. The van der Waals surface area contributed by atoms with E-state index in [0.717, 1.165) is 22.3 Å². The van der Waals surface area contributed by atoms with Gasteiger partial charge in [0.15, 0.2) is 0 Å². The van der Waals surface area contributed by atoms with Crippen LogP contribution in [0.5, 0.6) is 0 Å². The molecule has 0 aliphatic heterocycles. The topological polar surface area (TPSA) is 105 Å². The molecule has 3 rings (SSSR count). The summed E-state index contributed by atoms with van der Waals surface area (Å²) in [5.41, 5.74) is 4.45. The van der Waals surface area contributed by atoms with Crippen LogP contribution in [0.2, 0.25) is 0 Å². The lowest BCUT2D eigenvalue weighted by Crippen LogP contribution is -2.54. The number of carboxylic acids is 1. The molecule has 1 aliphatic carbocycles. The van der Waals surface area contributed by atoms with Crippen molar-refractivity contribution in [1.29, 1.82) is 0 Å². The van der Waals surface area contributed by atoms with Crippen LogP contribution in [-0.2, 0) is 14.3 Å². The molecular formula is C27H32N2O5. The van der Waals surface area contributed by atoms with Gasteiger partial charge in [-0.05, 0) is 41.0 Å². The second-order valence-corrected chi connectivity index (χ2v) is 8.60. The van der Waals surface area contributed by atoms with Gasteiger partial charge in [-0.3, -0.25) is 4.79 Å². The number of alkyl carbamates (subject to hydrolysis) is 1. The highest BCUT2D eigenvalue weighted by atomic mass is 16.5. The molecule has 3 atom stereocenters. The number of benzene rings is 2. The van der Waals surface area contributed by atoms with E-state index >= 15 is 0 Å². The van der Waals surface area contributed by atoms with Crippen molar-refractivity contribution in [2.45, 2.75) is 51.1 Å². The van der Waals surface area contributed by atoms with E-state index in [2.05, 4.69) is 29.3 Å². The first-order chi connectivity index (χ1) is 16.4. The molecule has 34 heavy (non-hydrogen) atoms. The van der Waals surface area contributed by atoms with E-state index in [4.69, 9.17) is 4.74 Å². The van der Waals surface area contributed by atoms with Crippen molar-refractivity contribution >= 4 is 18.0 Å². The highest BCUT2D eigenvalue weighted by Crippen LogP contribution is 2.44. The maximum Gasteiger partial charge on any atom is 0.407 e. The summed E-state index contributed by atoms with van der Waals surface area (Å²) in [6.07, 6.45) is 2.18. The fourth-order valence-corrected chi connectivity index (χ4v) is 4.27. The first-order valence-corrected chi connectivity index (χ1v) is 11.6. The van der Waals surface area contributed by atoms with Crippen molar-refractivity contribution in [2.75, 3.05) is 6.61 Å². The Labute approximate surface area is 200 Å². The van der Waals surface area contributed by atoms with Crippen molar-refractivity contribution in [3.8, 4) is 11.1 Å². The highest BCUT2D eigenvalue weighted by molar-refractivity contribution is 5.89. The Morgan fingerprint density at radius 1 is 1.06 bits per heavy atom. The molecule has 3 N–H and O–H groups in total. The number of carboxylic acid groups (broad SMARTS) is 1. The number of fused-ring (bicyclic) bond motifs is 3. The Balaban J connectivity index is 1.67. The smallest absolute Gasteiger partial charge is 0.407 e. The second kappa shape index (κ2) is 11.5. The number of aliphatic carboxylic acids is 1. The SMILES string of the molecule is C=CCCC(NC(=O)C(NC(=O)OCC1c2ccccc2-c2ccccc21)C(C)CC)C(=O)O. The van der Waals surface area contributed by atoms with E-state index in [9.17, 15) is 19.5 Å². The first kappa shape index (κ1) is 25.0. The van der Waals surface area contributed by atoms with Crippen LogP contribution >= 0.6 is 0 Å². The van der Waals surface area contributed by atoms with Crippen LogP contribution < -0.4 is 10.6 Å². The van der Waals surface area contributed by atoms with Gasteiger partial charge in [-0.2, -0.15) is 0 Å². The number of allylic oxidation sites excluding steroid dienone is 1. The van der Waals surface area contributed by atoms with Gasteiger partial charge in [0, 0.05) is 5.92 Å². The Kier molecular flexibility index (Phi) is 8.46. The maximum atomic E-state index is 12.9. The second-order valence-electron chi connectivity index (χ2n) is 8.60. The number of rotatable bonds is 11. The van der Waals surface area contributed by atoms with Gasteiger partial charge in [0.1, 0.15) is 18.7 Å². The lowest BCUT2D eigenvalue weighted by Gasteiger charge is -2.25. The number of ether oxygens (including phenoxy) is 1. The first-order valence-electron chi connectivity index (χ1n) is 11.6. The Morgan fingerprint density at radius 3 is 2.18 bits per heavy atom. The van der Waals surface area contributed by atoms with Crippen LogP contribution in [0.4, 0.5) is 4.79 Å². The summed E-state index contributed by atoms with van der Waals surface area (Å²) in [4.78, 5) is 37.1. The normalized spacial score (nSPS) is 14.8. The van der Waals surface area contributed by atoms with Gasteiger partial charge in [-0.15, -0.1) is 6.58 Å². The average molecular weight is 465 g/mol. The van der Waals surface area contributed by atoms with E-state index in [1.54, 1.807) is 6.08 Å². The lowest BCUT2D eigenvalue weighted by atomic mass is 9.97. The molecule has 0 heterocycles. The molecule has 0 radical (unpaired) electrons. The summed E-state index contributed by atoms with van der Waals surface area (Å²) < 4.78 is 5.57. The van der Waals surface area contributed by atoms with Gasteiger partial charge in [0.05, 0.1) is 0 Å². The lowest BCUT2D eigenvalue weighted by molar-refractivity contribution is -0.142. The molecule has 0 fully saturated rings. The van der Waals surface area contributed by atoms with Crippen LogP contribution in [-0.4, -0.2) is 41.8 Å². The minimum atomic E-state index is -1.13. The van der Waals surface area contributed by atoms with Gasteiger partial charge in [-0.25, -0.2) is 9.59 Å². The minimum absolute atomic E-state index is 0.0932. The van der Waals surface area contributed by atoms with Gasteiger partial charge in [-0.1, -0.05) is 74.9 Å². The van der Waals surface area contributed by atoms with E-state index < -0.39 is 30.1 Å². The molecule has 7 nitrogen and oxygen atoms in total. The van der Waals surface area contributed by atoms with Crippen molar-refractivity contribution in [2.24, 2.45) is 5.92 Å². The van der Waals surface area contributed by atoms with Gasteiger partial charge < -0.3 is 20.5 Å². The predicted molar refractivity (Wildman–Crippen MR) is 130 cm³/mol. The third kappa shape index (κ3) is 5.65. The van der Waals surface area contributed by atoms with Crippen molar-refractivity contribution in [3.05, 3.63) is 72.3 Å².